The third-order valence-electron chi connectivity index (χ3n) is 1.36. The minimum absolute atomic E-state index is 0.819. The Kier molecular flexibility index (Phi) is 3.58. The number of nitrogens with two attached hydrogens (primary N) is 1. The molecular formula is C9H8NY. The molecule has 11 heavy (non-hydrogen) atoms. The molecule has 52 valence electrons. The first-order chi connectivity index (χ1) is 5.34. The van der Waals surface area contributed by atoms with Gasteiger partial charge in [0.25, 0.3) is 0 Å². The van der Waals surface area contributed by atoms with E-state index < -0.39 is 0 Å². The summed E-state index contributed by atoms with van der Waals surface area (Å²) in [5, 5.41) is 0. The molecule has 0 atom stereocenters. The van der Waals surface area contributed by atoms with Crippen molar-refractivity contribution in [1.82, 2.24) is 0 Å². The van der Waals surface area contributed by atoms with Gasteiger partial charge in [-0.2, -0.15) is 0 Å². The molecule has 0 aromatic heterocycles. The van der Waals surface area contributed by atoms with Gasteiger partial charge in [-0.05, 0) is 0 Å². The van der Waals surface area contributed by atoms with Gasteiger partial charge in [-0.1, -0.05) is 0 Å². The van der Waals surface area contributed by atoms with Crippen LogP contribution in [0.25, 0.3) is 6.08 Å². The summed E-state index contributed by atoms with van der Waals surface area (Å²) in [5.74, 6) is 0. The van der Waals surface area contributed by atoms with E-state index in [0.29, 0.717) is 0 Å². The summed E-state index contributed by atoms with van der Waals surface area (Å²) in [7, 11) is 0. The molecule has 0 aliphatic carbocycles. The van der Waals surface area contributed by atoms with Gasteiger partial charge < -0.3 is 0 Å². The fourth-order valence-corrected chi connectivity index (χ4v) is 1.04. The third-order valence-corrected chi connectivity index (χ3v) is 1.83. The Morgan fingerprint density at radius 1 is 1.36 bits per heavy atom. The monoisotopic (exact) mass is 219 g/mol. The van der Waals surface area contributed by atoms with Gasteiger partial charge in [0.2, 0.25) is 0 Å². The molecule has 1 nitrogen and oxygen atoms in total. The molecule has 0 unspecified atom stereocenters. The number of anilines is 1. The van der Waals surface area contributed by atoms with Crippen LogP contribution in [0.15, 0.2) is 30.3 Å². The number of rotatable bonds is 1. The van der Waals surface area contributed by atoms with E-state index in [9.17, 15) is 0 Å². The summed E-state index contributed by atoms with van der Waals surface area (Å²) >= 11 is 1.03. The Hall–Kier alpha value is -0.356. The van der Waals surface area contributed by atoms with Crippen molar-refractivity contribution in [2.75, 3.05) is 5.73 Å². The van der Waals surface area contributed by atoms with Crippen LogP contribution in [-0.2, 0) is 30.2 Å². The van der Waals surface area contributed by atoms with Crippen LogP contribution in [-0.4, -0.2) is 0 Å². The summed E-state index contributed by atoms with van der Waals surface area (Å²) < 4.78 is 3.04. The maximum atomic E-state index is 5.69. The van der Waals surface area contributed by atoms with Crippen molar-refractivity contribution in [2.24, 2.45) is 0 Å². The molecular weight excluding hydrogens is 211 g/mol. The molecule has 2 heteroatoms. The zero-order chi connectivity index (χ0) is 8.10. The van der Waals surface area contributed by atoms with E-state index in [4.69, 9.17) is 5.73 Å². The van der Waals surface area contributed by atoms with Crippen LogP contribution in [0.3, 0.4) is 0 Å². The molecule has 1 aromatic carbocycles. The molecule has 0 fully saturated rings. The van der Waals surface area contributed by atoms with Crippen molar-refractivity contribution in [3.05, 3.63) is 35.9 Å². The van der Waals surface area contributed by atoms with Gasteiger partial charge in [0, 0.05) is 0 Å². The predicted octanol–water partition coefficient (Wildman–Crippen LogP) is 1.79. The molecule has 0 spiro atoms. The molecule has 0 radical (unpaired) electrons. The number of allylic oxidation sites excluding steroid dienone is 1. The first kappa shape index (κ1) is 8.74. The van der Waals surface area contributed by atoms with E-state index in [1.807, 2.05) is 36.4 Å². The van der Waals surface area contributed by atoms with Gasteiger partial charge in [0.05, 0.1) is 0 Å². The molecule has 0 aliphatic heterocycles. The number of nitrogen functional groups attached to an aromatic ring is 1. The van der Waals surface area contributed by atoms with Crippen LogP contribution in [0.4, 0.5) is 5.69 Å². The van der Waals surface area contributed by atoms with E-state index >= 15 is 0 Å². The zero-order valence-corrected chi connectivity index (χ0v) is 8.96. The Balaban J connectivity index is 2.97. The SMILES string of the molecule is Nc1ccccc1/C=C\[C]#[Y]. The van der Waals surface area contributed by atoms with E-state index in [0.717, 1.165) is 41.5 Å². The molecule has 0 aliphatic rings. The molecule has 0 saturated carbocycles. The normalized spacial score (nSPS) is 10.0. The van der Waals surface area contributed by atoms with Crippen molar-refractivity contribution in [3.63, 3.8) is 0 Å². The van der Waals surface area contributed by atoms with Gasteiger partial charge in [0.15, 0.2) is 0 Å². The van der Waals surface area contributed by atoms with E-state index in [-0.39, 0.29) is 0 Å². The Morgan fingerprint density at radius 3 is 2.73 bits per heavy atom. The van der Waals surface area contributed by atoms with Crippen molar-refractivity contribution >= 4 is 11.8 Å². The van der Waals surface area contributed by atoms with Crippen molar-refractivity contribution in [3.8, 4) is 2.59 Å². The maximum absolute atomic E-state index is 5.69. The first-order valence-electron chi connectivity index (χ1n) is 3.32. The quantitative estimate of drug-likeness (QED) is 0.716. The van der Waals surface area contributed by atoms with Crippen molar-refractivity contribution in [2.45, 2.75) is 0 Å². The fraction of sp³-hybridized carbons (Fsp3) is 0. The molecule has 1 aromatic rings. The van der Waals surface area contributed by atoms with Crippen LogP contribution in [0.2, 0.25) is 0 Å². The fourth-order valence-electron chi connectivity index (χ4n) is 0.801. The third kappa shape index (κ3) is 2.63. The number of benzene rings is 1. The Bertz CT molecular complexity index is 310. The summed E-state index contributed by atoms with van der Waals surface area (Å²) in [6.07, 6.45) is 3.88. The predicted molar refractivity (Wildman–Crippen MR) is 43.8 cm³/mol. The molecule has 0 heterocycles. The molecule has 2 N–H and O–H groups in total. The van der Waals surface area contributed by atoms with Crippen molar-refractivity contribution in [1.29, 1.82) is 0 Å². The second-order valence-electron chi connectivity index (χ2n) is 2.13. The van der Waals surface area contributed by atoms with Gasteiger partial charge in [0.1, 0.15) is 0 Å². The minimum atomic E-state index is 0.819. The van der Waals surface area contributed by atoms with E-state index in [1.165, 1.54) is 0 Å². The van der Waals surface area contributed by atoms with E-state index in [2.05, 4.69) is 2.59 Å². The number of hydrogen-bond donors (Lipinski definition) is 1. The number of hydrogen-bond acceptors (Lipinski definition) is 1. The van der Waals surface area contributed by atoms with Crippen molar-refractivity contribution < 1.29 is 30.2 Å². The Morgan fingerprint density at radius 2 is 2.09 bits per heavy atom. The average Bonchev–Trinajstić information content (AvgIpc) is 2.03. The second kappa shape index (κ2) is 4.51. The van der Waals surface area contributed by atoms with Crippen LogP contribution in [0.1, 0.15) is 5.56 Å². The number of para-hydroxylation sites is 1. The van der Waals surface area contributed by atoms with Gasteiger partial charge in [-0.25, -0.2) is 0 Å². The topological polar surface area (TPSA) is 26.0 Å². The standard InChI is InChI=1S/C9H8N.Y/c1-2-5-8-6-3-4-7-9(8)10;/h2-7H,10H2;/b5-2-;. The van der Waals surface area contributed by atoms with Crippen LogP contribution >= 0.6 is 0 Å². The van der Waals surface area contributed by atoms with Crippen LogP contribution < -0.4 is 5.73 Å². The van der Waals surface area contributed by atoms with Gasteiger partial charge in [-0.15, -0.1) is 0 Å². The van der Waals surface area contributed by atoms with Gasteiger partial charge >= 0.3 is 86.2 Å². The first-order valence-corrected chi connectivity index (χ1v) is 4.73. The molecule has 0 bridgehead atoms. The summed E-state index contributed by atoms with van der Waals surface area (Å²) in [5.41, 5.74) is 7.58. The van der Waals surface area contributed by atoms with E-state index in [1.54, 1.807) is 0 Å². The van der Waals surface area contributed by atoms with Gasteiger partial charge in [-0.3, -0.25) is 0 Å². The van der Waals surface area contributed by atoms with Crippen LogP contribution in [0, 0.1) is 2.59 Å². The summed E-state index contributed by atoms with van der Waals surface area (Å²) in [6, 6.07) is 7.79. The van der Waals surface area contributed by atoms with Crippen LogP contribution in [0.5, 0.6) is 0 Å². The Labute approximate surface area is 85.7 Å². The second-order valence-corrected chi connectivity index (χ2v) is 2.95. The molecule has 0 saturated heterocycles. The zero-order valence-electron chi connectivity index (χ0n) is 6.12. The molecule has 1 rings (SSSR count). The average molecular weight is 219 g/mol. The summed E-state index contributed by atoms with van der Waals surface area (Å²) in [4.78, 5) is 0. The molecule has 0 amide bonds. The summed E-state index contributed by atoms with van der Waals surface area (Å²) in [6.45, 7) is 0.